The number of hydrogen-bond acceptors (Lipinski definition) is 6. The Balaban J connectivity index is 0.000000641. The fraction of sp³-hybridized carbons (Fsp3) is 0.318. The van der Waals surface area contributed by atoms with Crippen LogP contribution in [0.1, 0.15) is 48.1 Å². The second kappa shape index (κ2) is 11.4. The number of hydrogen-bond donors (Lipinski definition) is 4. The third-order valence-corrected chi connectivity index (χ3v) is 4.92. The minimum Gasteiger partial charge on any atom is -0.507 e. The lowest BCUT2D eigenvalue weighted by Gasteiger charge is -2.13. The summed E-state index contributed by atoms with van der Waals surface area (Å²) in [6, 6.07) is 5.01. The van der Waals surface area contributed by atoms with Crippen molar-refractivity contribution in [1.29, 1.82) is 0 Å². The van der Waals surface area contributed by atoms with Gasteiger partial charge in [0.1, 0.15) is 28.7 Å². The van der Waals surface area contributed by atoms with Crippen molar-refractivity contribution in [2.45, 2.75) is 39.5 Å². The molecule has 1 atom stereocenters. The van der Waals surface area contributed by atoms with Crippen molar-refractivity contribution in [2.75, 3.05) is 12.4 Å². The van der Waals surface area contributed by atoms with E-state index in [2.05, 4.69) is 20.5 Å². The van der Waals surface area contributed by atoms with E-state index in [4.69, 9.17) is 16.3 Å². The number of rotatable bonds is 5. The molecule has 1 amide bonds. The lowest BCUT2D eigenvalue weighted by atomic mass is 10.0. The number of halogens is 5. The Morgan fingerprint density at radius 2 is 1.94 bits per heavy atom. The Morgan fingerprint density at radius 1 is 1.31 bits per heavy atom. The molecule has 1 aromatic carbocycles. The van der Waals surface area contributed by atoms with Crippen molar-refractivity contribution in [2.24, 2.45) is 0 Å². The van der Waals surface area contributed by atoms with Crippen LogP contribution in [0.2, 0.25) is 5.15 Å². The summed E-state index contributed by atoms with van der Waals surface area (Å²) in [5.74, 6) is -1.65. The first-order valence-electron chi connectivity index (χ1n) is 10.1. The Morgan fingerprint density at radius 3 is 2.43 bits per heavy atom. The Bertz CT molecular complexity index is 1180. The Kier molecular flexibility index (Phi) is 9.05. The number of aromatic nitrogens is 3. The maximum Gasteiger partial charge on any atom is 0.388 e. The highest BCUT2D eigenvalue weighted by Gasteiger charge is 2.23. The second-order valence-electron chi connectivity index (χ2n) is 7.25. The highest BCUT2D eigenvalue weighted by atomic mass is 35.5. The van der Waals surface area contributed by atoms with Gasteiger partial charge in [-0.3, -0.25) is 9.89 Å². The quantitative estimate of drug-likeness (QED) is 0.329. The number of H-pyrrole nitrogens is 1. The molecule has 1 unspecified atom stereocenters. The van der Waals surface area contributed by atoms with E-state index in [-0.39, 0.29) is 33.4 Å². The summed E-state index contributed by atoms with van der Waals surface area (Å²) in [5.41, 5.74) is 0.797. The summed E-state index contributed by atoms with van der Waals surface area (Å²) in [4.78, 5) is 16.7. The summed E-state index contributed by atoms with van der Waals surface area (Å²) in [6.45, 7) is 4.23. The van der Waals surface area contributed by atoms with Gasteiger partial charge in [-0.15, -0.1) is 0 Å². The standard InChI is InChI=1S/C19H18ClFN4O4.C3H5F3/c1-8-16(18(20)25-24-8)23-19(28)11-6-12(21)10(7-14(11)27)13-4-5-15(29-3)17(22-13)9(2)26;1-2-3(4,5)6/h4-7,9,26-27H,1-3H3,(H,23,28)(H,24,25);2H2,1H3. The zero-order valence-corrected chi connectivity index (χ0v) is 19.8. The fourth-order valence-corrected chi connectivity index (χ4v) is 2.98. The van der Waals surface area contributed by atoms with Crippen LogP contribution in [-0.2, 0) is 0 Å². The number of pyridine rings is 1. The third kappa shape index (κ3) is 7.06. The molecule has 0 bridgehead atoms. The van der Waals surface area contributed by atoms with Gasteiger partial charge in [-0.25, -0.2) is 9.37 Å². The molecule has 2 heterocycles. The number of ether oxygens (including phenoxy) is 1. The monoisotopic (exact) mass is 518 g/mol. The minimum atomic E-state index is -3.96. The third-order valence-electron chi connectivity index (χ3n) is 4.65. The van der Waals surface area contributed by atoms with Gasteiger partial charge in [0.05, 0.1) is 30.2 Å². The molecule has 190 valence electrons. The van der Waals surface area contributed by atoms with Gasteiger partial charge in [-0.05, 0) is 38.1 Å². The number of aromatic amines is 1. The van der Waals surface area contributed by atoms with Crippen molar-refractivity contribution in [3.8, 4) is 22.8 Å². The fourth-order valence-electron chi connectivity index (χ4n) is 2.75. The highest BCUT2D eigenvalue weighted by molar-refractivity contribution is 6.33. The molecule has 0 aliphatic rings. The first-order chi connectivity index (χ1) is 16.3. The van der Waals surface area contributed by atoms with E-state index < -0.39 is 36.2 Å². The molecule has 8 nitrogen and oxygen atoms in total. The van der Waals surface area contributed by atoms with Gasteiger partial charge >= 0.3 is 6.18 Å². The number of aromatic hydroxyl groups is 1. The summed E-state index contributed by atoms with van der Waals surface area (Å²) in [7, 11) is 1.43. The first kappa shape index (κ1) is 27.9. The summed E-state index contributed by atoms with van der Waals surface area (Å²) in [5, 5.41) is 29.0. The zero-order chi connectivity index (χ0) is 26.5. The number of alkyl halides is 3. The average molecular weight is 519 g/mol. The van der Waals surface area contributed by atoms with E-state index >= 15 is 0 Å². The van der Waals surface area contributed by atoms with Gasteiger partial charge in [0.2, 0.25) is 0 Å². The molecule has 0 fully saturated rings. The molecule has 0 saturated heterocycles. The predicted octanol–water partition coefficient (Wildman–Crippen LogP) is 5.55. The topological polar surface area (TPSA) is 120 Å². The number of nitrogens with zero attached hydrogens (tertiary/aromatic N) is 2. The van der Waals surface area contributed by atoms with Gasteiger partial charge in [-0.1, -0.05) is 18.5 Å². The van der Waals surface area contributed by atoms with E-state index in [9.17, 15) is 32.6 Å². The number of methoxy groups -OCH3 is 1. The summed E-state index contributed by atoms with van der Waals surface area (Å²) >= 11 is 5.89. The molecule has 0 aliphatic heterocycles. The number of anilines is 1. The molecule has 4 N–H and O–H groups in total. The lowest BCUT2D eigenvalue weighted by molar-refractivity contribution is -0.130. The maximum absolute atomic E-state index is 14.8. The van der Waals surface area contributed by atoms with Gasteiger partial charge in [0.25, 0.3) is 5.91 Å². The number of benzene rings is 1. The van der Waals surface area contributed by atoms with Crippen molar-refractivity contribution < 1.29 is 37.3 Å². The van der Waals surface area contributed by atoms with Gasteiger partial charge in [0.15, 0.2) is 5.15 Å². The van der Waals surface area contributed by atoms with Gasteiger partial charge < -0.3 is 20.3 Å². The Hall–Kier alpha value is -3.38. The molecule has 0 radical (unpaired) electrons. The Labute approximate surface area is 202 Å². The number of nitrogens with one attached hydrogen (secondary N) is 2. The lowest BCUT2D eigenvalue weighted by Crippen LogP contribution is -2.13. The highest BCUT2D eigenvalue weighted by Crippen LogP contribution is 2.33. The van der Waals surface area contributed by atoms with Crippen LogP contribution in [0.4, 0.5) is 23.2 Å². The van der Waals surface area contributed by atoms with Crippen LogP contribution < -0.4 is 10.1 Å². The molecule has 3 aromatic rings. The van der Waals surface area contributed by atoms with E-state index in [1.807, 2.05) is 0 Å². The van der Waals surface area contributed by atoms with Crippen LogP contribution in [0, 0.1) is 12.7 Å². The maximum atomic E-state index is 14.8. The van der Waals surface area contributed by atoms with Crippen LogP contribution in [-0.4, -0.2) is 44.6 Å². The number of carbonyl (C=O) groups excluding carboxylic acids is 1. The van der Waals surface area contributed by atoms with Crippen LogP contribution >= 0.6 is 11.6 Å². The largest absolute Gasteiger partial charge is 0.507 e. The van der Waals surface area contributed by atoms with Crippen LogP contribution in [0.25, 0.3) is 11.3 Å². The van der Waals surface area contributed by atoms with Crippen molar-refractivity contribution in [1.82, 2.24) is 15.2 Å². The average Bonchev–Trinajstić information content (AvgIpc) is 3.11. The number of aliphatic hydroxyl groups excluding tert-OH is 1. The van der Waals surface area contributed by atoms with Crippen LogP contribution in [0.5, 0.6) is 11.5 Å². The van der Waals surface area contributed by atoms with E-state index in [1.165, 1.54) is 26.2 Å². The van der Waals surface area contributed by atoms with E-state index in [0.717, 1.165) is 19.1 Å². The van der Waals surface area contributed by atoms with Gasteiger partial charge in [0, 0.05) is 12.0 Å². The summed E-state index contributed by atoms with van der Waals surface area (Å²) in [6.07, 6.45) is -5.64. The second-order valence-corrected chi connectivity index (χ2v) is 7.60. The molecule has 0 saturated carbocycles. The SMILES string of the molecule is CCC(F)(F)F.COc1ccc(-c2cc(O)c(C(=O)Nc3c(Cl)n[nH]c3C)cc2F)nc1C(C)O. The molecular formula is C22H23ClF4N4O4. The predicted molar refractivity (Wildman–Crippen MR) is 121 cm³/mol. The first-order valence-corrected chi connectivity index (χ1v) is 10.5. The molecular weight excluding hydrogens is 496 g/mol. The summed E-state index contributed by atoms with van der Waals surface area (Å²) < 4.78 is 52.2. The molecule has 35 heavy (non-hydrogen) atoms. The normalized spacial score (nSPS) is 11.9. The molecule has 0 aliphatic carbocycles. The number of aryl methyl sites for hydroxylation is 1. The van der Waals surface area contributed by atoms with E-state index in [0.29, 0.717) is 11.4 Å². The number of phenols is 1. The number of phenolic OH excluding ortho intramolecular Hbond substituents is 1. The van der Waals surface area contributed by atoms with Gasteiger partial charge in [-0.2, -0.15) is 18.3 Å². The number of aliphatic hydroxyl groups is 1. The van der Waals surface area contributed by atoms with Crippen molar-refractivity contribution >= 4 is 23.2 Å². The number of amides is 1. The minimum absolute atomic E-state index is 0.0406. The van der Waals surface area contributed by atoms with Crippen molar-refractivity contribution in [3.05, 3.63) is 52.2 Å². The van der Waals surface area contributed by atoms with Crippen LogP contribution in [0.3, 0.4) is 0 Å². The van der Waals surface area contributed by atoms with Crippen molar-refractivity contribution in [3.63, 3.8) is 0 Å². The smallest absolute Gasteiger partial charge is 0.388 e. The molecule has 0 spiro atoms. The molecule has 13 heteroatoms. The van der Waals surface area contributed by atoms with Crippen LogP contribution in [0.15, 0.2) is 24.3 Å². The number of carbonyl (C=O) groups is 1. The zero-order valence-electron chi connectivity index (χ0n) is 19.1. The molecule has 2 aromatic heterocycles. The molecule has 3 rings (SSSR count). The van der Waals surface area contributed by atoms with E-state index in [1.54, 1.807) is 6.92 Å².